The smallest absolute Gasteiger partial charge is 0.308 e. The highest BCUT2D eigenvalue weighted by Gasteiger charge is 2.29. The van der Waals surface area contributed by atoms with Crippen LogP contribution in [0, 0.1) is 0 Å². The van der Waals surface area contributed by atoms with E-state index in [-0.39, 0.29) is 0 Å². The number of alkyl halides is 3. The van der Waals surface area contributed by atoms with Crippen LogP contribution in [0.5, 0.6) is 0 Å². The third-order valence-corrected chi connectivity index (χ3v) is 3.82. The van der Waals surface area contributed by atoms with Gasteiger partial charge in [0.2, 0.25) is 0 Å². The Morgan fingerprint density at radius 2 is 1.79 bits per heavy atom. The molecule has 0 fully saturated rings. The third-order valence-electron chi connectivity index (χ3n) is 2.53. The van der Waals surface area contributed by atoms with Gasteiger partial charge in [-0.25, -0.2) is 0 Å². The molecule has 6 heteroatoms. The second-order valence-electron chi connectivity index (χ2n) is 4.03. The first-order chi connectivity index (χ1) is 8.95. The summed E-state index contributed by atoms with van der Waals surface area (Å²) in [6, 6.07) is 7.03. The number of benzene rings is 1. The second-order valence-corrected chi connectivity index (χ2v) is 5.46. The van der Waals surface area contributed by atoms with Gasteiger partial charge in [0.25, 0.3) is 0 Å². The van der Waals surface area contributed by atoms with Gasteiger partial charge in [0.15, 0.2) is 0 Å². The first-order valence-electron chi connectivity index (χ1n) is 5.55. The Bertz CT molecular complexity index is 534. The second kappa shape index (κ2) is 5.94. The molecule has 1 N–H and O–H groups in total. The maximum absolute atomic E-state index is 12.4. The normalized spacial score (nSPS) is 11.8. The van der Waals surface area contributed by atoms with Gasteiger partial charge < -0.3 is 5.32 Å². The van der Waals surface area contributed by atoms with Crippen molar-refractivity contribution in [3.8, 4) is 0 Å². The van der Waals surface area contributed by atoms with Gasteiger partial charge in [-0.15, -0.1) is 11.3 Å². The zero-order chi connectivity index (χ0) is 13.9. The Kier molecular flexibility index (Phi) is 4.50. The van der Waals surface area contributed by atoms with Gasteiger partial charge >= 0.3 is 6.18 Å². The minimum atomic E-state index is -4.28. The van der Waals surface area contributed by atoms with E-state index in [1.807, 2.05) is 11.4 Å². The largest absolute Gasteiger partial charge is 0.416 e. The Labute approximate surface area is 118 Å². The molecule has 19 heavy (non-hydrogen) atoms. The average molecular weight is 306 g/mol. The lowest BCUT2D eigenvalue weighted by Gasteiger charge is -2.08. The maximum atomic E-state index is 12.4. The predicted octanol–water partition coefficient (Wildman–Crippen LogP) is 4.71. The molecule has 102 valence electrons. The van der Waals surface area contributed by atoms with Crippen molar-refractivity contribution in [3.63, 3.8) is 0 Å². The highest BCUT2D eigenvalue weighted by atomic mass is 35.5. The highest BCUT2D eigenvalue weighted by molar-refractivity contribution is 7.10. The van der Waals surface area contributed by atoms with Crippen LogP contribution in [0.3, 0.4) is 0 Å². The van der Waals surface area contributed by atoms with Crippen molar-refractivity contribution in [2.45, 2.75) is 19.3 Å². The number of hydrogen-bond acceptors (Lipinski definition) is 2. The fourth-order valence-electron chi connectivity index (χ4n) is 1.59. The Morgan fingerprint density at radius 1 is 1.11 bits per heavy atom. The van der Waals surface area contributed by atoms with E-state index in [1.54, 1.807) is 11.3 Å². The molecule has 0 spiro atoms. The molecule has 0 aliphatic rings. The standard InChI is InChI=1S/C13H11ClF3NS/c14-11-5-12(19-8-11)7-18-6-9-1-3-10(4-2-9)13(15,16)17/h1-5,8,18H,6-7H2. The summed E-state index contributed by atoms with van der Waals surface area (Å²) in [6.45, 7) is 1.17. The van der Waals surface area contributed by atoms with Crippen molar-refractivity contribution in [1.82, 2.24) is 5.32 Å². The van der Waals surface area contributed by atoms with Gasteiger partial charge in [0.05, 0.1) is 10.6 Å². The summed E-state index contributed by atoms with van der Waals surface area (Å²) >= 11 is 7.34. The summed E-state index contributed by atoms with van der Waals surface area (Å²) in [6.07, 6.45) is -4.28. The third kappa shape index (κ3) is 4.23. The molecule has 0 bridgehead atoms. The van der Waals surface area contributed by atoms with Gasteiger partial charge in [-0.3, -0.25) is 0 Å². The van der Waals surface area contributed by atoms with Crippen LogP contribution in [0.2, 0.25) is 5.02 Å². The number of thiophene rings is 1. The van der Waals surface area contributed by atoms with Gasteiger partial charge in [0.1, 0.15) is 0 Å². The van der Waals surface area contributed by atoms with Crippen LogP contribution in [-0.2, 0) is 19.3 Å². The maximum Gasteiger partial charge on any atom is 0.416 e. The lowest BCUT2D eigenvalue weighted by Crippen LogP contribution is -2.12. The predicted molar refractivity (Wildman–Crippen MR) is 71.3 cm³/mol. The van der Waals surface area contributed by atoms with Crippen LogP contribution in [-0.4, -0.2) is 0 Å². The van der Waals surface area contributed by atoms with Gasteiger partial charge in [-0.2, -0.15) is 13.2 Å². The quantitative estimate of drug-likeness (QED) is 0.862. The van der Waals surface area contributed by atoms with E-state index in [1.165, 1.54) is 12.1 Å². The molecule has 1 aromatic heterocycles. The van der Waals surface area contributed by atoms with Crippen LogP contribution in [0.15, 0.2) is 35.7 Å². The molecule has 0 saturated heterocycles. The van der Waals surface area contributed by atoms with E-state index in [9.17, 15) is 13.2 Å². The van der Waals surface area contributed by atoms with E-state index in [0.717, 1.165) is 22.6 Å². The summed E-state index contributed by atoms with van der Waals surface area (Å²) in [5, 5.41) is 5.71. The fraction of sp³-hybridized carbons (Fsp3) is 0.231. The molecule has 0 aliphatic heterocycles. The van der Waals surface area contributed by atoms with E-state index >= 15 is 0 Å². The Morgan fingerprint density at radius 3 is 2.32 bits per heavy atom. The topological polar surface area (TPSA) is 12.0 Å². The molecule has 0 atom stereocenters. The van der Waals surface area contributed by atoms with Crippen molar-refractivity contribution in [3.05, 3.63) is 56.7 Å². The van der Waals surface area contributed by atoms with Gasteiger partial charge in [-0.05, 0) is 23.8 Å². The van der Waals surface area contributed by atoms with Gasteiger partial charge in [-0.1, -0.05) is 23.7 Å². The zero-order valence-electron chi connectivity index (χ0n) is 9.80. The van der Waals surface area contributed by atoms with Crippen LogP contribution in [0.1, 0.15) is 16.0 Å². The van der Waals surface area contributed by atoms with E-state index < -0.39 is 11.7 Å². The summed E-state index contributed by atoms with van der Waals surface area (Å²) < 4.78 is 37.1. The first-order valence-corrected chi connectivity index (χ1v) is 6.80. The number of hydrogen-bond donors (Lipinski definition) is 1. The Hall–Kier alpha value is -1.04. The molecule has 0 radical (unpaired) electrons. The molecular formula is C13H11ClF3NS. The van der Waals surface area contributed by atoms with E-state index in [0.29, 0.717) is 18.1 Å². The van der Waals surface area contributed by atoms with Crippen LogP contribution in [0.25, 0.3) is 0 Å². The van der Waals surface area contributed by atoms with Crippen molar-refractivity contribution in [1.29, 1.82) is 0 Å². The first kappa shape index (κ1) is 14.4. The molecule has 0 saturated carbocycles. The van der Waals surface area contributed by atoms with Crippen molar-refractivity contribution in [2.75, 3.05) is 0 Å². The molecule has 0 unspecified atom stereocenters. The Balaban J connectivity index is 1.86. The van der Waals surface area contributed by atoms with Crippen LogP contribution < -0.4 is 5.32 Å². The van der Waals surface area contributed by atoms with Crippen LogP contribution in [0.4, 0.5) is 13.2 Å². The van der Waals surface area contributed by atoms with Crippen molar-refractivity contribution in [2.24, 2.45) is 0 Å². The number of halogens is 4. The monoisotopic (exact) mass is 305 g/mol. The summed E-state index contributed by atoms with van der Waals surface area (Å²) in [4.78, 5) is 1.09. The number of nitrogens with one attached hydrogen (secondary N) is 1. The lowest BCUT2D eigenvalue weighted by molar-refractivity contribution is -0.137. The average Bonchev–Trinajstić information content (AvgIpc) is 2.75. The van der Waals surface area contributed by atoms with Crippen molar-refractivity contribution < 1.29 is 13.2 Å². The lowest BCUT2D eigenvalue weighted by atomic mass is 10.1. The van der Waals surface area contributed by atoms with Gasteiger partial charge in [0, 0.05) is 23.3 Å². The molecule has 1 nitrogen and oxygen atoms in total. The SMILES string of the molecule is FC(F)(F)c1ccc(CNCc2cc(Cl)cs2)cc1. The highest BCUT2D eigenvalue weighted by Crippen LogP contribution is 2.29. The minimum Gasteiger partial charge on any atom is -0.308 e. The minimum absolute atomic E-state index is 0.521. The molecular weight excluding hydrogens is 295 g/mol. The summed E-state index contributed by atoms with van der Waals surface area (Å²) in [5.74, 6) is 0. The number of rotatable bonds is 4. The summed E-state index contributed by atoms with van der Waals surface area (Å²) in [5.41, 5.74) is 0.192. The molecule has 1 heterocycles. The molecule has 0 aliphatic carbocycles. The fourth-order valence-corrected chi connectivity index (χ4v) is 2.63. The molecule has 1 aromatic carbocycles. The van der Waals surface area contributed by atoms with E-state index in [4.69, 9.17) is 11.6 Å². The molecule has 2 aromatic rings. The molecule has 0 amide bonds. The van der Waals surface area contributed by atoms with Crippen LogP contribution >= 0.6 is 22.9 Å². The van der Waals surface area contributed by atoms with Crippen molar-refractivity contribution >= 4 is 22.9 Å². The van der Waals surface area contributed by atoms with E-state index in [2.05, 4.69) is 5.32 Å². The molecule has 2 rings (SSSR count). The summed E-state index contributed by atoms with van der Waals surface area (Å²) in [7, 11) is 0. The zero-order valence-corrected chi connectivity index (χ0v) is 11.4.